The van der Waals surface area contributed by atoms with Crippen LogP contribution in [-0.2, 0) is 0 Å². The van der Waals surface area contributed by atoms with Gasteiger partial charge in [0.15, 0.2) is 0 Å². The molecule has 0 aromatic heterocycles. The maximum Gasteiger partial charge on any atom is 0.0264 e. The van der Waals surface area contributed by atoms with E-state index in [9.17, 15) is 0 Å². The molecule has 0 amide bonds. The van der Waals surface area contributed by atoms with Crippen LogP contribution in [0.4, 0.5) is 0 Å². The molecule has 0 spiro atoms. The molecule has 0 saturated heterocycles. The van der Waals surface area contributed by atoms with Crippen LogP contribution < -0.4 is 5.43 Å². The van der Waals surface area contributed by atoms with Crippen LogP contribution in [0.15, 0.2) is 17.4 Å². The Morgan fingerprint density at radius 2 is 2.20 bits per heavy atom. The van der Waals surface area contributed by atoms with Crippen LogP contribution in [0.25, 0.3) is 0 Å². The summed E-state index contributed by atoms with van der Waals surface area (Å²) in [5, 5.41) is 3.51. The Labute approximate surface area is 63.0 Å². The van der Waals surface area contributed by atoms with Crippen molar-refractivity contribution in [2.75, 3.05) is 0 Å². The van der Waals surface area contributed by atoms with E-state index in [1.165, 1.54) is 19.3 Å². The zero-order valence-electron chi connectivity index (χ0n) is 6.69. The molecule has 2 nitrogen and oxygen atoms in total. The molecule has 10 heavy (non-hydrogen) atoms. The molecule has 0 radical (unpaired) electrons. The average Bonchev–Trinajstić information content (AvgIpc) is 1.89. The quantitative estimate of drug-likeness (QED) is 0.341. The second-order valence-corrected chi connectivity index (χ2v) is 2.33. The van der Waals surface area contributed by atoms with Gasteiger partial charge in [-0.2, -0.15) is 5.10 Å². The van der Waals surface area contributed by atoms with Crippen LogP contribution in [0.3, 0.4) is 0 Å². The minimum atomic E-state index is 0.962. The molecule has 0 fully saturated rings. The number of hydrogen-bond acceptors (Lipinski definition) is 2. The maximum atomic E-state index is 3.77. The molecule has 0 aliphatic carbocycles. The van der Waals surface area contributed by atoms with Crippen LogP contribution in [0.1, 0.15) is 32.6 Å². The number of unbranched alkanes of at least 4 members (excludes halogenated alkanes) is 2. The Kier molecular flexibility index (Phi) is 5.83. The average molecular weight is 140 g/mol. The van der Waals surface area contributed by atoms with E-state index in [2.05, 4.69) is 30.7 Å². The van der Waals surface area contributed by atoms with E-state index in [1.807, 2.05) is 0 Å². The highest BCUT2D eigenvalue weighted by Gasteiger charge is 1.89. The van der Waals surface area contributed by atoms with Crippen molar-refractivity contribution in [2.24, 2.45) is 5.10 Å². The fourth-order valence-corrected chi connectivity index (χ4v) is 0.756. The van der Waals surface area contributed by atoms with Gasteiger partial charge in [0.25, 0.3) is 0 Å². The molecule has 0 aliphatic rings. The fraction of sp³-hybridized carbons (Fsp3) is 0.625. The summed E-state index contributed by atoms with van der Waals surface area (Å²) >= 11 is 0. The summed E-state index contributed by atoms with van der Waals surface area (Å²) in [6.45, 7) is 9.26. The topological polar surface area (TPSA) is 24.4 Å². The van der Waals surface area contributed by atoms with Gasteiger partial charge in [-0.25, -0.2) is 0 Å². The van der Waals surface area contributed by atoms with Crippen LogP contribution >= 0.6 is 0 Å². The van der Waals surface area contributed by atoms with Crippen molar-refractivity contribution in [3.05, 3.63) is 12.3 Å². The molecule has 0 aliphatic heterocycles. The van der Waals surface area contributed by atoms with E-state index < -0.39 is 0 Å². The predicted octanol–water partition coefficient (Wildman–Crippen LogP) is 2.29. The minimum Gasteiger partial charge on any atom is -0.284 e. The molecule has 2 heteroatoms. The molecule has 0 rings (SSSR count). The third-order valence-electron chi connectivity index (χ3n) is 1.32. The van der Waals surface area contributed by atoms with Gasteiger partial charge in [-0.05, 0) is 12.8 Å². The Morgan fingerprint density at radius 3 is 2.70 bits per heavy atom. The third-order valence-corrected chi connectivity index (χ3v) is 1.32. The number of rotatable bonds is 6. The third kappa shape index (κ3) is 5.35. The number of nitrogens with one attached hydrogen (secondary N) is 1. The number of allylic oxidation sites excluding steroid dienone is 1. The molecule has 0 saturated carbocycles. The number of hydrogen-bond donors (Lipinski definition) is 1. The highest BCUT2D eigenvalue weighted by Crippen LogP contribution is 2.03. The monoisotopic (exact) mass is 140 g/mol. The van der Waals surface area contributed by atoms with E-state index in [0.29, 0.717) is 0 Å². The van der Waals surface area contributed by atoms with Gasteiger partial charge in [-0.15, -0.1) is 0 Å². The second kappa shape index (κ2) is 6.33. The van der Waals surface area contributed by atoms with Gasteiger partial charge in [0.05, 0.1) is 0 Å². The van der Waals surface area contributed by atoms with Crippen molar-refractivity contribution in [3.8, 4) is 0 Å². The molecule has 0 bridgehead atoms. The van der Waals surface area contributed by atoms with Crippen LogP contribution in [0.2, 0.25) is 0 Å². The normalized spacial score (nSPS) is 8.90. The summed E-state index contributed by atoms with van der Waals surface area (Å²) < 4.78 is 0. The van der Waals surface area contributed by atoms with Crippen molar-refractivity contribution in [1.29, 1.82) is 0 Å². The van der Waals surface area contributed by atoms with Crippen LogP contribution in [0.5, 0.6) is 0 Å². The van der Waals surface area contributed by atoms with Crippen LogP contribution in [0, 0.1) is 0 Å². The Hall–Kier alpha value is -0.790. The Morgan fingerprint density at radius 1 is 1.50 bits per heavy atom. The summed E-state index contributed by atoms with van der Waals surface area (Å²) in [6, 6.07) is 0. The van der Waals surface area contributed by atoms with Crippen molar-refractivity contribution >= 4 is 6.72 Å². The molecule has 58 valence electrons. The largest absolute Gasteiger partial charge is 0.284 e. The van der Waals surface area contributed by atoms with Crippen LogP contribution in [-0.4, -0.2) is 6.72 Å². The highest BCUT2D eigenvalue weighted by molar-refractivity contribution is 5.23. The van der Waals surface area contributed by atoms with Gasteiger partial charge >= 0.3 is 0 Å². The first kappa shape index (κ1) is 9.21. The summed E-state index contributed by atoms with van der Waals surface area (Å²) in [4.78, 5) is 0. The first-order valence-corrected chi connectivity index (χ1v) is 3.70. The van der Waals surface area contributed by atoms with Gasteiger partial charge in [0.1, 0.15) is 0 Å². The molecule has 0 heterocycles. The summed E-state index contributed by atoms with van der Waals surface area (Å²) in [5.74, 6) is 0. The van der Waals surface area contributed by atoms with Gasteiger partial charge in [-0.1, -0.05) is 26.3 Å². The van der Waals surface area contributed by atoms with Gasteiger partial charge in [-0.3, -0.25) is 5.43 Å². The predicted molar refractivity (Wildman–Crippen MR) is 46.0 cm³/mol. The molecule has 0 unspecified atom stereocenters. The maximum absolute atomic E-state index is 3.77. The van der Waals surface area contributed by atoms with Gasteiger partial charge in [0, 0.05) is 12.4 Å². The van der Waals surface area contributed by atoms with E-state index in [-0.39, 0.29) is 0 Å². The smallest absolute Gasteiger partial charge is 0.0264 e. The zero-order chi connectivity index (χ0) is 7.82. The van der Waals surface area contributed by atoms with Crippen molar-refractivity contribution in [3.63, 3.8) is 0 Å². The lowest BCUT2D eigenvalue weighted by molar-refractivity contribution is 0.681. The number of nitrogens with zero attached hydrogens (tertiary/aromatic N) is 1. The number of hydrazone groups is 1. The Bertz CT molecular complexity index is 108. The second-order valence-electron chi connectivity index (χ2n) is 2.33. The SMILES string of the molecule is C=NNC(=C)CCCCC. The first-order chi connectivity index (χ1) is 4.81. The van der Waals surface area contributed by atoms with E-state index in [4.69, 9.17) is 0 Å². The Balaban J connectivity index is 3.13. The van der Waals surface area contributed by atoms with Gasteiger partial charge in [0.2, 0.25) is 0 Å². The molecule has 1 N–H and O–H groups in total. The minimum absolute atomic E-state index is 0.962. The molecule has 0 aromatic rings. The summed E-state index contributed by atoms with van der Waals surface area (Å²) in [6.07, 6.45) is 4.71. The fourth-order valence-electron chi connectivity index (χ4n) is 0.756. The van der Waals surface area contributed by atoms with Crippen molar-refractivity contribution in [2.45, 2.75) is 32.6 Å². The lowest BCUT2D eigenvalue weighted by atomic mass is 10.2. The molecular formula is C8H16N2. The molecule has 0 atom stereocenters. The molecular weight excluding hydrogens is 124 g/mol. The summed E-state index contributed by atoms with van der Waals surface area (Å²) in [7, 11) is 0. The first-order valence-electron chi connectivity index (χ1n) is 3.70. The van der Waals surface area contributed by atoms with Crippen molar-refractivity contribution in [1.82, 2.24) is 5.43 Å². The van der Waals surface area contributed by atoms with E-state index in [1.54, 1.807) is 0 Å². The lowest BCUT2D eigenvalue weighted by Gasteiger charge is -2.01. The van der Waals surface area contributed by atoms with E-state index in [0.717, 1.165) is 12.1 Å². The van der Waals surface area contributed by atoms with Crippen molar-refractivity contribution < 1.29 is 0 Å². The highest BCUT2D eigenvalue weighted by atomic mass is 15.3. The van der Waals surface area contributed by atoms with Gasteiger partial charge < -0.3 is 0 Å². The summed E-state index contributed by atoms with van der Waals surface area (Å²) in [5.41, 5.74) is 3.69. The van der Waals surface area contributed by atoms with E-state index >= 15 is 0 Å². The molecule has 0 aromatic carbocycles. The standard InChI is InChI=1S/C8H16N2/c1-4-5-6-7-8(2)10-9-3/h10H,2-7H2,1H3. The lowest BCUT2D eigenvalue weighted by Crippen LogP contribution is -2.02. The zero-order valence-corrected chi connectivity index (χ0v) is 6.69.